The molecule has 1 heterocycles. The number of nitriles is 1. The number of hydrogen-bond acceptors (Lipinski definition) is 6. The largest absolute Gasteiger partial charge is 0.397 e. The number of nitrogens with one attached hydrogen (secondary N) is 2. The van der Waals surface area contributed by atoms with E-state index in [4.69, 9.17) is 10.5 Å². The third kappa shape index (κ3) is 5.89. The molecule has 4 N–H and O–H groups in total. The van der Waals surface area contributed by atoms with Crippen LogP contribution in [0.3, 0.4) is 0 Å². The molecule has 7 heteroatoms. The number of methoxy groups -OCH3 is 1. The molecule has 0 spiro atoms. The molecular formula is C24H25N5O2. The molecular weight excluding hydrogens is 390 g/mol. The van der Waals surface area contributed by atoms with E-state index in [0.29, 0.717) is 41.3 Å². The summed E-state index contributed by atoms with van der Waals surface area (Å²) in [6, 6.07) is 18.1. The molecule has 0 unspecified atom stereocenters. The second kappa shape index (κ2) is 10.9. The zero-order chi connectivity index (χ0) is 22.1. The van der Waals surface area contributed by atoms with Crippen molar-refractivity contribution in [2.75, 3.05) is 31.3 Å². The summed E-state index contributed by atoms with van der Waals surface area (Å²) in [5.41, 5.74) is 10.2. The highest BCUT2D eigenvalue weighted by atomic mass is 16.5. The maximum atomic E-state index is 12.5. The van der Waals surface area contributed by atoms with Crippen LogP contribution >= 0.6 is 0 Å². The molecule has 31 heavy (non-hydrogen) atoms. The predicted molar refractivity (Wildman–Crippen MR) is 121 cm³/mol. The molecule has 0 fully saturated rings. The Kier molecular flexibility index (Phi) is 7.71. The molecule has 7 nitrogen and oxygen atoms in total. The number of nitrogens with zero attached hydrogens (tertiary/aromatic N) is 2. The molecule has 0 aliphatic heterocycles. The molecule has 0 saturated heterocycles. The Morgan fingerprint density at radius 1 is 1.19 bits per heavy atom. The maximum absolute atomic E-state index is 12.5. The molecule has 1 aromatic heterocycles. The lowest BCUT2D eigenvalue weighted by Gasteiger charge is -2.10. The van der Waals surface area contributed by atoms with Gasteiger partial charge in [-0.3, -0.25) is 9.78 Å². The van der Waals surface area contributed by atoms with Crippen LogP contribution in [0.1, 0.15) is 27.9 Å². The standard InChI is InChI=1S/C24H25N5O2/c1-31-12-4-11-27-15-17-13-20(14-25)23(28-16-17)18-7-9-19(10-8-18)24(30)29-22-6-3-2-5-21(22)26/h2-3,5-10,13,16,27H,4,11-12,15,26H2,1H3,(H,29,30). The van der Waals surface area contributed by atoms with Crippen molar-refractivity contribution in [1.82, 2.24) is 10.3 Å². The maximum Gasteiger partial charge on any atom is 0.255 e. The second-order valence-corrected chi connectivity index (χ2v) is 6.99. The third-order valence-electron chi connectivity index (χ3n) is 4.73. The molecule has 0 aliphatic carbocycles. The first-order chi connectivity index (χ1) is 15.1. The lowest BCUT2D eigenvalue weighted by molar-refractivity contribution is 0.102. The van der Waals surface area contributed by atoms with E-state index in [1.165, 1.54) is 0 Å². The molecule has 158 valence electrons. The van der Waals surface area contributed by atoms with Gasteiger partial charge < -0.3 is 21.1 Å². The van der Waals surface area contributed by atoms with Crippen LogP contribution in [0.5, 0.6) is 0 Å². The zero-order valence-electron chi connectivity index (χ0n) is 17.4. The third-order valence-corrected chi connectivity index (χ3v) is 4.73. The number of ether oxygens (including phenoxy) is 1. The van der Waals surface area contributed by atoms with Gasteiger partial charge in [0.15, 0.2) is 0 Å². The van der Waals surface area contributed by atoms with Crippen LogP contribution in [-0.2, 0) is 11.3 Å². The minimum Gasteiger partial charge on any atom is -0.397 e. The van der Waals surface area contributed by atoms with E-state index in [1.54, 1.807) is 49.7 Å². The zero-order valence-corrected chi connectivity index (χ0v) is 17.4. The van der Waals surface area contributed by atoms with Gasteiger partial charge in [0.05, 0.1) is 22.6 Å². The van der Waals surface area contributed by atoms with Crippen LogP contribution < -0.4 is 16.4 Å². The Bertz CT molecular complexity index is 1070. The fraction of sp³-hybridized carbons (Fsp3) is 0.208. The molecule has 0 bridgehead atoms. The normalized spacial score (nSPS) is 10.5. The number of nitrogens with two attached hydrogens (primary N) is 1. The second-order valence-electron chi connectivity index (χ2n) is 6.99. The number of para-hydroxylation sites is 2. The van der Waals surface area contributed by atoms with E-state index in [-0.39, 0.29) is 5.91 Å². The summed E-state index contributed by atoms with van der Waals surface area (Å²) < 4.78 is 5.03. The van der Waals surface area contributed by atoms with Gasteiger partial charge in [-0.15, -0.1) is 0 Å². The van der Waals surface area contributed by atoms with Crippen molar-refractivity contribution in [3.05, 3.63) is 77.5 Å². The predicted octanol–water partition coefficient (Wildman–Crippen LogP) is 3.58. The van der Waals surface area contributed by atoms with Crippen LogP contribution in [0, 0.1) is 11.3 Å². The molecule has 3 rings (SSSR count). The Balaban J connectivity index is 1.69. The van der Waals surface area contributed by atoms with E-state index in [9.17, 15) is 10.1 Å². The highest BCUT2D eigenvalue weighted by Gasteiger charge is 2.11. The Hall–Kier alpha value is -3.73. The van der Waals surface area contributed by atoms with Crippen LogP contribution in [0.2, 0.25) is 0 Å². The fourth-order valence-electron chi connectivity index (χ4n) is 3.08. The highest BCUT2D eigenvalue weighted by Crippen LogP contribution is 2.23. The first kappa shape index (κ1) is 22.0. The molecule has 1 amide bonds. The van der Waals surface area contributed by atoms with Crippen molar-refractivity contribution in [2.45, 2.75) is 13.0 Å². The van der Waals surface area contributed by atoms with Crippen LogP contribution in [0.15, 0.2) is 60.8 Å². The number of aromatic nitrogens is 1. The number of carbonyl (C=O) groups excluding carboxylic acids is 1. The summed E-state index contributed by atoms with van der Waals surface area (Å²) in [5.74, 6) is -0.257. The number of pyridine rings is 1. The summed E-state index contributed by atoms with van der Waals surface area (Å²) in [5, 5.41) is 15.7. The first-order valence-electron chi connectivity index (χ1n) is 9.97. The van der Waals surface area contributed by atoms with Crippen molar-refractivity contribution in [1.29, 1.82) is 5.26 Å². The van der Waals surface area contributed by atoms with Crippen LogP contribution in [0.4, 0.5) is 11.4 Å². The van der Waals surface area contributed by atoms with E-state index in [0.717, 1.165) is 24.1 Å². The van der Waals surface area contributed by atoms with Gasteiger partial charge in [0.25, 0.3) is 5.91 Å². The average Bonchev–Trinajstić information content (AvgIpc) is 2.80. The molecule has 0 aliphatic rings. The Morgan fingerprint density at radius 2 is 1.97 bits per heavy atom. The molecule has 3 aromatic rings. The van der Waals surface area contributed by atoms with Gasteiger partial charge in [0.1, 0.15) is 6.07 Å². The molecule has 0 atom stereocenters. The Morgan fingerprint density at radius 3 is 2.68 bits per heavy atom. The summed E-state index contributed by atoms with van der Waals surface area (Å²) in [7, 11) is 1.68. The van der Waals surface area contributed by atoms with E-state index in [1.807, 2.05) is 18.2 Å². The lowest BCUT2D eigenvalue weighted by atomic mass is 10.0. The number of anilines is 2. The topological polar surface area (TPSA) is 113 Å². The number of amides is 1. The molecule has 0 saturated carbocycles. The first-order valence-corrected chi connectivity index (χ1v) is 9.97. The number of hydrogen-bond donors (Lipinski definition) is 3. The van der Waals surface area contributed by atoms with Crippen molar-refractivity contribution in [3.8, 4) is 17.3 Å². The minimum absolute atomic E-state index is 0.257. The number of nitrogen functional groups attached to an aromatic ring is 1. The summed E-state index contributed by atoms with van der Waals surface area (Å²) in [6.45, 7) is 2.17. The monoisotopic (exact) mass is 415 g/mol. The van der Waals surface area contributed by atoms with E-state index >= 15 is 0 Å². The highest BCUT2D eigenvalue weighted by molar-refractivity contribution is 6.05. The van der Waals surface area contributed by atoms with Gasteiger partial charge in [-0.25, -0.2) is 0 Å². The molecule has 0 radical (unpaired) electrons. The van der Waals surface area contributed by atoms with Gasteiger partial charge >= 0.3 is 0 Å². The molecule has 2 aromatic carbocycles. The van der Waals surface area contributed by atoms with E-state index in [2.05, 4.69) is 21.7 Å². The summed E-state index contributed by atoms with van der Waals surface area (Å²) >= 11 is 0. The van der Waals surface area contributed by atoms with Crippen LogP contribution in [0.25, 0.3) is 11.3 Å². The van der Waals surface area contributed by atoms with Crippen molar-refractivity contribution in [2.24, 2.45) is 0 Å². The smallest absolute Gasteiger partial charge is 0.255 e. The van der Waals surface area contributed by atoms with Gasteiger partial charge in [0, 0.05) is 37.6 Å². The number of rotatable bonds is 9. The van der Waals surface area contributed by atoms with Gasteiger partial charge in [0.2, 0.25) is 0 Å². The van der Waals surface area contributed by atoms with Gasteiger partial charge in [-0.2, -0.15) is 5.26 Å². The quantitative estimate of drug-likeness (QED) is 0.364. The van der Waals surface area contributed by atoms with Crippen molar-refractivity contribution >= 4 is 17.3 Å². The van der Waals surface area contributed by atoms with Crippen LogP contribution in [-0.4, -0.2) is 31.2 Å². The van der Waals surface area contributed by atoms with E-state index < -0.39 is 0 Å². The van der Waals surface area contributed by atoms with Crippen molar-refractivity contribution in [3.63, 3.8) is 0 Å². The van der Waals surface area contributed by atoms with Crippen molar-refractivity contribution < 1.29 is 9.53 Å². The minimum atomic E-state index is -0.257. The SMILES string of the molecule is COCCCNCc1cnc(-c2ccc(C(=O)Nc3ccccc3N)cc2)c(C#N)c1. The number of carbonyl (C=O) groups is 1. The fourth-order valence-corrected chi connectivity index (χ4v) is 3.08. The van der Waals surface area contributed by atoms with Gasteiger partial charge in [-0.05, 0) is 48.9 Å². The number of benzene rings is 2. The summed E-state index contributed by atoms with van der Waals surface area (Å²) in [4.78, 5) is 17.0. The summed E-state index contributed by atoms with van der Waals surface area (Å²) in [6.07, 6.45) is 2.68. The lowest BCUT2D eigenvalue weighted by Crippen LogP contribution is -2.16. The average molecular weight is 415 g/mol. The Labute approximate surface area is 181 Å². The van der Waals surface area contributed by atoms with Gasteiger partial charge in [-0.1, -0.05) is 24.3 Å².